The van der Waals surface area contributed by atoms with Gasteiger partial charge in [0.1, 0.15) is 5.75 Å². The van der Waals surface area contributed by atoms with Gasteiger partial charge >= 0.3 is 0 Å². The summed E-state index contributed by atoms with van der Waals surface area (Å²) >= 11 is 5.98. The van der Waals surface area contributed by atoms with Crippen LogP contribution in [0.2, 0.25) is 5.02 Å². The zero-order chi connectivity index (χ0) is 20.9. The predicted octanol–water partition coefficient (Wildman–Crippen LogP) is 3.87. The van der Waals surface area contributed by atoms with Gasteiger partial charge in [-0.1, -0.05) is 37.6 Å². The molecule has 8 heteroatoms. The maximum absolute atomic E-state index is 12.6. The van der Waals surface area contributed by atoms with Crippen LogP contribution in [0.15, 0.2) is 47.4 Å². The van der Waals surface area contributed by atoms with Crippen LogP contribution in [-0.4, -0.2) is 38.8 Å². The minimum atomic E-state index is -3.51. The maximum Gasteiger partial charge on any atom is 0.255 e. The average Bonchev–Trinajstić information content (AvgIpc) is 2.68. The van der Waals surface area contributed by atoms with Crippen LogP contribution in [0.4, 0.5) is 0 Å². The Morgan fingerprint density at radius 3 is 2.29 bits per heavy atom. The van der Waals surface area contributed by atoms with Crippen molar-refractivity contribution in [1.82, 2.24) is 9.62 Å². The lowest BCUT2D eigenvalue weighted by molar-refractivity contribution is 0.0937. The minimum Gasteiger partial charge on any atom is -0.496 e. The molecule has 0 bridgehead atoms. The van der Waals surface area contributed by atoms with Gasteiger partial charge in [0, 0.05) is 18.1 Å². The van der Waals surface area contributed by atoms with E-state index in [4.69, 9.17) is 16.3 Å². The number of nitrogens with one attached hydrogen (secondary N) is 1. The van der Waals surface area contributed by atoms with E-state index in [0.717, 1.165) is 5.56 Å². The normalized spacial score (nSPS) is 12.6. The van der Waals surface area contributed by atoms with Gasteiger partial charge in [0.15, 0.2) is 0 Å². The first-order valence-corrected chi connectivity index (χ1v) is 10.8. The predicted molar refractivity (Wildman–Crippen MR) is 110 cm³/mol. The first kappa shape index (κ1) is 22.2. The monoisotopic (exact) mass is 424 g/mol. The number of hydrogen-bond donors (Lipinski definition) is 1. The summed E-state index contributed by atoms with van der Waals surface area (Å²) in [7, 11) is -2.02. The van der Waals surface area contributed by atoms with Crippen molar-refractivity contribution in [2.75, 3.05) is 20.2 Å². The van der Waals surface area contributed by atoms with Gasteiger partial charge in [-0.25, -0.2) is 8.42 Å². The Labute approximate surface area is 171 Å². The second-order valence-electron chi connectivity index (χ2n) is 6.20. The molecule has 1 N–H and O–H groups in total. The molecule has 0 radical (unpaired) electrons. The zero-order valence-corrected chi connectivity index (χ0v) is 18.0. The molecule has 6 nitrogen and oxygen atoms in total. The molecule has 152 valence electrons. The second-order valence-corrected chi connectivity index (χ2v) is 8.57. The highest BCUT2D eigenvalue weighted by atomic mass is 35.5. The number of amides is 1. The Kier molecular flexibility index (Phi) is 7.46. The van der Waals surface area contributed by atoms with Gasteiger partial charge in [-0.2, -0.15) is 4.31 Å². The topological polar surface area (TPSA) is 75.7 Å². The quantitative estimate of drug-likeness (QED) is 0.697. The molecule has 0 saturated heterocycles. The van der Waals surface area contributed by atoms with Crippen molar-refractivity contribution in [3.63, 3.8) is 0 Å². The second kappa shape index (κ2) is 9.41. The summed E-state index contributed by atoms with van der Waals surface area (Å²) in [6, 6.07) is 11.0. The van der Waals surface area contributed by atoms with Crippen molar-refractivity contribution in [2.24, 2.45) is 0 Å². The van der Waals surface area contributed by atoms with E-state index in [0.29, 0.717) is 29.4 Å². The summed E-state index contributed by atoms with van der Waals surface area (Å²) in [5, 5.41) is 3.32. The minimum absolute atomic E-state index is 0.231. The van der Waals surface area contributed by atoms with Crippen LogP contribution >= 0.6 is 11.6 Å². The molecule has 0 aliphatic rings. The van der Waals surface area contributed by atoms with E-state index in [1.54, 1.807) is 56.3 Å². The number of nitrogens with zero attached hydrogens (tertiary/aromatic N) is 1. The standard InChI is InChI=1S/C20H25ClN2O4S/c1-5-23(6-2)28(25,26)17-10-7-15(8-11-17)14(3)22-20(24)18-13-16(21)9-12-19(18)27-4/h7-14H,5-6H2,1-4H3,(H,22,24)/t14-/m1/s1. The van der Waals surface area contributed by atoms with Gasteiger partial charge in [0.2, 0.25) is 10.0 Å². The lowest BCUT2D eigenvalue weighted by Crippen LogP contribution is -2.30. The number of carbonyl (C=O) groups excluding carboxylic acids is 1. The number of halogens is 1. The molecule has 0 aliphatic heterocycles. The van der Waals surface area contributed by atoms with Crippen molar-refractivity contribution in [1.29, 1.82) is 0 Å². The van der Waals surface area contributed by atoms with E-state index < -0.39 is 10.0 Å². The highest BCUT2D eigenvalue weighted by Gasteiger charge is 2.22. The van der Waals surface area contributed by atoms with Crippen LogP contribution < -0.4 is 10.1 Å². The van der Waals surface area contributed by atoms with Gasteiger partial charge in [-0.15, -0.1) is 0 Å². The lowest BCUT2D eigenvalue weighted by atomic mass is 10.1. The molecular formula is C20H25ClN2O4S. The van der Waals surface area contributed by atoms with E-state index in [2.05, 4.69) is 5.32 Å². The third-order valence-electron chi connectivity index (χ3n) is 4.48. The number of rotatable bonds is 8. The molecule has 28 heavy (non-hydrogen) atoms. The van der Waals surface area contributed by atoms with Gasteiger partial charge < -0.3 is 10.1 Å². The number of hydrogen-bond acceptors (Lipinski definition) is 4. The molecular weight excluding hydrogens is 400 g/mol. The third kappa shape index (κ3) is 4.84. The average molecular weight is 425 g/mol. The van der Waals surface area contributed by atoms with E-state index >= 15 is 0 Å². The van der Waals surface area contributed by atoms with Gasteiger partial charge in [0.25, 0.3) is 5.91 Å². The number of benzene rings is 2. The van der Waals surface area contributed by atoms with Crippen LogP contribution in [0.1, 0.15) is 42.7 Å². The first-order valence-electron chi connectivity index (χ1n) is 8.99. The maximum atomic E-state index is 12.6. The SMILES string of the molecule is CCN(CC)S(=O)(=O)c1ccc([C@@H](C)NC(=O)c2cc(Cl)ccc2OC)cc1. The number of carbonyl (C=O) groups is 1. The molecule has 0 fully saturated rings. The molecule has 0 saturated carbocycles. The summed E-state index contributed by atoms with van der Waals surface area (Å²) in [4.78, 5) is 12.8. The first-order chi connectivity index (χ1) is 13.2. The molecule has 0 unspecified atom stereocenters. The van der Waals surface area contributed by atoms with Crippen molar-refractivity contribution in [3.05, 3.63) is 58.6 Å². The van der Waals surface area contributed by atoms with Gasteiger partial charge in [0.05, 0.1) is 23.6 Å². The fraction of sp³-hybridized carbons (Fsp3) is 0.350. The smallest absolute Gasteiger partial charge is 0.255 e. The van der Waals surface area contributed by atoms with Crippen LogP contribution in [0.25, 0.3) is 0 Å². The van der Waals surface area contributed by atoms with Crippen molar-refractivity contribution < 1.29 is 17.9 Å². The van der Waals surface area contributed by atoms with Crippen LogP contribution in [0.5, 0.6) is 5.75 Å². The number of ether oxygens (including phenoxy) is 1. The summed E-state index contributed by atoms with van der Waals surface area (Å²) < 4.78 is 31.8. The van der Waals surface area contributed by atoms with E-state index in [-0.39, 0.29) is 16.8 Å². The van der Waals surface area contributed by atoms with E-state index in [1.807, 2.05) is 6.92 Å². The van der Waals surface area contributed by atoms with Gasteiger partial charge in [-0.3, -0.25) is 4.79 Å². The van der Waals surface area contributed by atoms with Crippen molar-refractivity contribution >= 4 is 27.5 Å². The highest BCUT2D eigenvalue weighted by molar-refractivity contribution is 7.89. The Hall–Kier alpha value is -2.09. The third-order valence-corrected chi connectivity index (χ3v) is 6.78. The Bertz CT molecular complexity index is 926. The summed E-state index contributed by atoms with van der Waals surface area (Å²) in [6.45, 7) is 6.25. The highest BCUT2D eigenvalue weighted by Crippen LogP contribution is 2.24. The Morgan fingerprint density at radius 2 is 1.75 bits per heavy atom. The fourth-order valence-corrected chi connectivity index (χ4v) is 4.49. The molecule has 1 atom stereocenters. The molecule has 0 spiro atoms. The Morgan fingerprint density at radius 1 is 1.14 bits per heavy atom. The van der Waals surface area contributed by atoms with E-state index in [1.165, 1.54) is 11.4 Å². The molecule has 0 aromatic heterocycles. The largest absolute Gasteiger partial charge is 0.496 e. The van der Waals surface area contributed by atoms with Crippen LogP contribution in [0.3, 0.4) is 0 Å². The molecule has 1 amide bonds. The Balaban J connectivity index is 2.19. The van der Waals surface area contributed by atoms with Crippen molar-refractivity contribution in [3.8, 4) is 5.75 Å². The number of sulfonamides is 1. The molecule has 2 aromatic carbocycles. The molecule has 2 aromatic rings. The fourth-order valence-electron chi connectivity index (χ4n) is 2.86. The molecule has 2 rings (SSSR count). The molecule has 0 heterocycles. The van der Waals surface area contributed by atoms with Crippen LogP contribution in [-0.2, 0) is 10.0 Å². The van der Waals surface area contributed by atoms with E-state index in [9.17, 15) is 13.2 Å². The zero-order valence-electron chi connectivity index (χ0n) is 16.4. The lowest BCUT2D eigenvalue weighted by Gasteiger charge is -2.19. The summed E-state index contributed by atoms with van der Waals surface area (Å²) in [6.07, 6.45) is 0. The van der Waals surface area contributed by atoms with Crippen LogP contribution in [0, 0.1) is 0 Å². The number of methoxy groups -OCH3 is 1. The van der Waals surface area contributed by atoms with Crippen molar-refractivity contribution in [2.45, 2.75) is 31.7 Å². The summed E-state index contributed by atoms with van der Waals surface area (Å²) in [5.74, 6) is 0.0986. The molecule has 0 aliphatic carbocycles. The van der Waals surface area contributed by atoms with Gasteiger partial charge in [-0.05, 0) is 42.8 Å². The summed E-state index contributed by atoms with van der Waals surface area (Å²) in [5.41, 5.74) is 1.12.